The maximum absolute atomic E-state index is 14.2. The Labute approximate surface area is 283 Å². The summed E-state index contributed by atoms with van der Waals surface area (Å²) < 4.78 is 0. The van der Waals surface area contributed by atoms with Gasteiger partial charge in [-0.3, -0.25) is 14.4 Å². The van der Waals surface area contributed by atoms with E-state index < -0.39 is 17.4 Å². The summed E-state index contributed by atoms with van der Waals surface area (Å²) in [5.74, 6) is -1.39. The normalized spacial score (nSPS) is 22.0. The van der Waals surface area contributed by atoms with Crippen LogP contribution in [0.25, 0.3) is 0 Å². The van der Waals surface area contributed by atoms with Gasteiger partial charge in [0.05, 0.1) is 29.7 Å². The Balaban J connectivity index is 1.46. The first-order valence-corrected chi connectivity index (χ1v) is 17.0. The summed E-state index contributed by atoms with van der Waals surface area (Å²) in [7, 11) is 0. The fraction of sp³-hybridized carbons (Fsp3) is 0.436. The average molecular weight is 653 g/mol. The van der Waals surface area contributed by atoms with Crippen LogP contribution in [0.15, 0.2) is 89.1 Å². The Hall–Kier alpha value is -4.34. The summed E-state index contributed by atoms with van der Waals surface area (Å²) in [6.07, 6.45) is 12.0. The van der Waals surface area contributed by atoms with Gasteiger partial charge < -0.3 is 20.0 Å². The molecule has 254 valence electrons. The number of fused-ring (bicyclic) bond motifs is 1. The number of allylic oxidation sites excluding steroid dienone is 3. The molecule has 9 nitrogen and oxygen atoms in total. The fourth-order valence-corrected chi connectivity index (χ4v) is 6.76. The number of carbonyl (C=O) groups excluding carboxylic acids is 3. The first kappa shape index (κ1) is 35.0. The lowest BCUT2D eigenvalue weighted by molar-refractivity contribution is -0.139. The number of likely N-dealkylation sites (tertiary alicyclic amines) is 1. The molecular weight excluding hydrogens is 604 g/mol. The zero-order valence-electron chi connectivity index (χ0n) is 28.6. The highest BCUT2D eigenvalue weighted by atomic mass is 16.3. The molecule has 0 aromatic heterocycles. The minimum Gasteiger partial charge on any atom is -0.394 e. The van der Waals surface area contributed by atoms with Crippen molar-refractivity contribution >= 4 is 34.8 Å². The second-order valence-electron chi connectivity index (χ2n) is 13.4. The van der Waals surface area contributed by atoms with Crippen LogP contribution in [0, 0.1) is 5.92 Å². The molecule has 0 saturated carbocycles. The lowest BCUT2D eigenvalue weighted by Gasteiger charge is -2.28. The van der Waals surface area contributed by atoms with Gasteiger partial charge in [0.1, 0.15) is 0 Å². The average Bonchev–Trinajstić information content (AvgIpc) is 3.65. The molecule has 0 unspecified atom stereocenters. The molecule has 3 amide bonds. The van der Waals surface area contributed by atoms with Gasteiger partial charge in [-0.1, -0.05) is 72.7 Å². The van der Waals surface area contributed by atoms with E-state index in [9.17, 15) is 24.6 Å². The summed E-state index contributed by atoms with van der Waals surface area (Å²) in [5.41, 5.74) is 3.66. The van der Waals surface area contributed by atoms with E-state index in [1.807, 2.05) is 43.3 Å². The molecule has 0 bridgehead atoms. The molecule has 9 heteroatoms. The van der Waals surface area contributed by atoms with Crippen LogP contribution in [0.1, 0.15) is 83.8 Å². The molecule has 0 aliphatic carbocycles. The Morgan fingerprint density at radius 3 is 2.58 bits per heavy atom. The van der Waals surface area contributed by atoms with Crippen LogP contribution < -0.4 is 9.91 Å². The van der Waals surface area contributed by atoms with Crippen LogP contribution in [0.2, 0.25) is 0 Å². The molecule has 2 aromatic rings. The summed E-state index contributed by atoms with van der Waals surface area (Å²) >= 11 is 0. The van der Waals surface area contributed by atoms with Crippen molar-refractivity contribution in [3.8, 4) is 0 Å². The molecule has 3 heterocycles. The topological polar surface area (TPSA) is 114 Å². The molecule has 1 saturated heterocycles. The van der Waals surface area contributed by atoms with E-state index in [2.05, 4.69) is 19.9 Å². The van der Waals surface area contributed by atoms with Crippen LogP contribution in [0.5, 0.6) is 0 Å². The van der Waals surface area contributed by atoms with Gasteiger partial charge in [-0.05, 0) is 70.2 Å². The number of hydrazone groups is 1. The monoisotopic (exact) mass is 652 g/mol. The summed E-state index contributed by atoms with van der Waals surface area (Å²) in [5, 5.41) is 28.1. The van der Waals surface area contributed by atoms with Gasteiger partial charge in [0.2, 0.25) is 11.8 Å². The van der Waals surface area contributed by atoms with Crippen LogP contribution in [-0.2, 0) is 20.0 Å². The second-order valence-corrected chi connectivity index (χ2v) is 13.4. The van der Waals surface area contributed by atoms with E-state index in [1.165, 1.54) is 10.6 Å². The minimum absolute atomic E-state index is 0.0612. The van der Waals surface area contributed by atoms with Crippen molar-refractivity contribution in [1.82, 2.24) is 4.90 Å². The molecular formula is C39H48N4O5. The molecule has 3 atom stereocenters. The van der Waals surface area contributed by atoms with Crippen molar-refractivity contribution in [3.63, 3.8) is 0 Å². The first-order chi connectivity index (χ1) is 23.0. The van der Waals surface area contributed by atoms with Crippen molar-refractivity contribution in [3.05, 3.63) is 95.1 Å². The fourth-order valence-electron chi connectivity index (χ4n) is 6.76. The number of anilines is 2. The standard InChI is InChI=1S/C39H48N4O5/c1-27(2)11-8-12-28(3)22-24-42-35-20-18-31(43-37(46)21-19-34(40-43)30-14-6-5-7-15-30)25-33(35)39(48,38(42)47)29(4)13-9-17-36(45)41-23-10-16-32(41)26-44/h5-7,9,11,13-15,18,20,22,25,29,32,44,48H,8,10,12,16-17,19,21,23-24,26H2,1-4H3/b13-9+,28-22+/t29-,32+,39+/m1/s1. The van der Waals surface area contributed by atoms with E-state index in [4.69, 9.17) is 5.10 Å². The first-order valence-electron chi connectivity index (χ1n) is 17.0. The number of rotatable bonds is 12. The van der Waals surface area contributed by atoms with Crippen molar-refractivity contribution in [2.45, 2.75) is 84.3 Å². The molecule has 3 aliphatic heterocycles. The Morgan fingerprint density at radius 1 is 1.08 bits per heavy atom. The van der Waals surface area contributed by atoms with Gasteiger partial charge >= 0.3 is 0 Å². The molecule has 1 fully saturated rings. The smallest absolute Gasteiger partial charge is 0.264 e. The Bertz CT molecular complexity index is 1640. The number of hydrogen-bond donors (Lipinski definition) is 2. The van der Waals surface area contributed by atoms with Crippen LogP contribution in [0.3, 0.4) is 0 Å². The molecule has 48 heavy (non-hydrogen) atoms. The molecule has 2 N–H and O–H groups in total. The number of carbonyl (C=O) groups is 3. The van der Waals surface area contributed by atoms with E-state index in [0.717, 1.165) is 42.5 Å². The number of hydrogen-bond acceptors (Lipinski definition) is 6. The van der Waals surface area contributed by atoms with Gasteiger partial charge in [-0.2, -0.15) is 5.10 Å². The number of nitrogens with zero attached hydrogens (tertiary/aromatic N) is 4. The third-order valence-corrected chi connectivity index (χ3v) is 9.63. The molecule has 0 spiro atoms. The Kier molecular flexibility index (Phi) is 11.1. The highest BCUT2D eigenvalue weighted by Crippen LogP contribution is 2.47. The molecule has 0 radical (unpaired) electrons. The Morgan fingerprint density at radius 2 is 1.85 bits per heavy atom. The third kappa shape index (κ3) is 7.37. The zero-order valence-corrected chi connectivity index (χ0v) is 28.6. The maximum atomic E-state index is 14.2. The molecule has 2 aromatic carbocycles. The van der Waals surface area contributed by atoms with Crippen molar-refractivity contribution < 1.29 is 24.6 Å². The quantitative estimate of drug-likeness (QED) is 0.273. The van der Waals surface area contributed by atoms with Crippen LogP contribution in [-0.4, -0.2) is 64.3 Å². The van der Waals surface area contributed by atoms with Gasteiger partial charge in [-0.15, -0.1) is 0 Å². The lowest BCUT2D eigenvalue weighted by atomic mass is 9.82. The second kappa shape index (κ2) is 15.3. The van der Waals surface area contributed by atoms with E-state index in [-0.39, 0.29) is 37.3 Å². The lowest BCUT2D eigenvalue weighted by Crippen LogP contribution is -2.44. The predicted molar refractivity (Wildman–Crippen MR) is 190 cm³/mol. The van der Waals surface area contributed by atoms with Gasteiger partial charge in [-0.25, -0.2) is 5.01 Å². The van der Waals surface area contributed by atoms with Gasteiger partial charge in [0, 0.05) is 43.8 Å². The highest BCUT2D eigenvalue weighted by molar-refractivity contribution is 6.10. The van der Waals surface area contributed by atoms with E-state index in [1.54, 1.807) is 47.1 Å². The van der Waals surface area contributed by atoms with E-state index in [0.29, 0.717) is 36.4 Å². The largest absolute Gasteiger partial charge is 0.394 e. The predicted octanol–water partition coefficient (Wildman–Crippen LogP) is 6.01. The zero-order chi connectivity index (χ0) is 34.4. The summed E-state index contributed by atoms with van der Waals surface area (Å²) in [6.45, 7) is 8.80. The maximum Gasteiger partial charge on any atom is 0.264 e. The van der Waals surface area contributed by atoms with Crippen LogP contribution in [0.4, 0.5) is 11.4 Å². The van der Waals surface area contributed by atoms with Crippen molar-refractivity contribution in [2.24, 2.45) is 11.0 Å². The number of aliphatic hydroxyl groups is 2. The minimum atomic E-state index is -1.93. The van der Waals surface area contributed by atoms with Gasteiger partial charge in [0.15, 0.2) is 5.60 Å². The number of benzene rings is 2. The number of aliphatic hydroxyl groups excluding tert-OH is 1. The molecule has 3 aliphatic rings. The van der Waals surface area contributed by atoms with Gasteiger partial charge in [0.25, 0.3) is 5.91 Å². The molecule has 5 rings (SSSR count). The number of amides is 3. The van der Waals surface area contributed by atoms with Crippen molar-refractivity contribution in [2.75, 3.05) is 29.6 Å². The van der Waals surface area contributed by atoms with Crippen molar-refractivity contribution in [1.29, 1.82) is 0 Å². The SMILES string of the molecule is CC(C)=CCC/C(C)=C/CN1C(=O)[C@](O)([C@H](C)/C=C/CC(=O)N2CCC[C@H]2CO)c2cc(N3N=C(c4ccccc4)CCC3=O)ccc21. The van der Waals surface area contributed by atoms with E-state index >= 15 is 0 Å². The third-order valence-electron chi connectivity index (χ3n) is 9.63. The van der Waals surface area contributed by atoms with Crippen LogP contribution >= 0.6 is 0 Å². The highest BCUT2D eigenvalue weighted by Gasteiger charge is 2.52. The summed E-state index contributed by atoms with van der Waals surface area (Å²) in [4.78, 5) is 43.6. The summed E-state index contributed by atoms with van der Waals surface area (Å²) in [6, 6.07) is 14.8.